The van der Waals surface area contributed by atoms with Crippen LogP contribution in [0.2, 0.25) is 0 Å². The van der Waals surface area contributed by atoms with E-state index in [0.717, 1.165) is 5.56 Å². The summed E-state index contributed by atoms with van der Waals surface area (Å²) in [6.45, 7) is 2.35. The Morgan fingerprint density at radius 2 is 2.29 bits per heavy atom. The number of ether oxygens (including phenoxy) is 1. The fourth-order valence-electron chi connectivity index (χ4n) is 1.70. The van der Waals surface area contributed by atoms with Crippen molar-refractivity contribution in [2.24, 2.45) is 0 Å². The molecule has 0 fully saturated rings. The predicted molar refractivity (Wildman–Crippen MR) is 73.7 cm³/mol. The number of H-pyrrole nitrogens is 1. The van der Waals surface area contributed by atoms with E-state index in [4.69, 9.17) is 4.74 Å². The maximum atomic E-state index is 11.8. The molecular weight excluding hydrogens is 278 g/mol. The summed E-state index contributed by atoms with van der Waals surface area (Å²) in [6, 6.07) is 3.48. The minimum atomic E-state index is -0.796. The molecule has 0 amide bonds. The van der Waals surface area contributed by atoms with Crippen LogP contribution in [0.15, 0.2) is 29.3 Å². The molecular formula is C12H13N5O4. The molecule has 0 unspecified atom stereocenters. The van der Waals surface area contributed by atoms with E-state index in [1.165, 1.54) is 6.20 Å². The average Bonchev–Trinajstić information content (AvgIpc) is 2.42. The molecule has 2 rings (SSSR count). The van der Waals surface area contributed by atoms with E-state index in [9.17, 15) is 14.9 Å². The lowest BCUT2D eigenvalue weighted by Gasteiger charge is -2.05. The zero-order chi connectivity index (χ0) is 15.2. The largest absolute Gasteiger partial charge is 0.478 e. The number of hydrazine groups is 1. The third-order valence-electron chi connectivity index (χ3n) is 2.56. The van der Waals surface area contributed by atoms with Crippen LogP contribution in [0.25, 0.3) is 0 Å². The summed E-state index contributed by atoms with van der Waals surface area (Å²) in [5.41, 5.74) is 2.56. The van der Waals surface area contributed by atoms with Crippen LogP contribution in [0, 0.1) is 10.1 Å². The molecule has 0 spiro atoms. The van der Waals surface area contributed by atoms with Gasteiger partial charge in [-0.25, -0.2) is 20.1 Å². The minimum Gasteiger partial charge on any atom is -0.478 e. The van der Waals surface area contributed by atoms with E-state index < -0.39 is 10.6 Å². The van der Waals surface area contributed by atoms with E-state index in [1.54, 1.807) is 23.8 Å². The van der Waals surface area contributed by atoms with Crippen molar-refractivity contribution in [2.45, 2.75) is 13.3 Å². The zero-order valence-electron chi connectivity index (χ0n) is 11.2. The molecule has 0 aliphatic heterocycles. The van der Waals surface area contributed by atoms with Crippen molar-refractivity contribution < 1.29 is 9.77 Å². The van der Waals surface area contributed by atoms with Gasteiger partial charge in [-0.2, -0.15) is 0 Å². The van der Waals surface area contributed by atoms with Crippen LogP contribution < -0.4 is 15.7 Å². The van der Waals surface area contributed by atoms with Crippen LogP contribution in [-0.4, -0.2) is 26.6 Å². The molecule has 0 aromatic carbocycles. The highest BCUT2D eigenvalue weighted by Crippen LogP contribution is 2.12. The molecule has 0 saturated carbocycles. The van der Waals surface area contributed by atoms with Crippen molar-refractivity contribution in [1.29, 1.82) is 0 Å². The summed E-state index contributed by atoms with van der Waals surface area (Å²) in [6.07, 6.45) is 3.21. The fourth-order valence-corrected chi connectivity index (χ4v) is 1.70. The second kappa shape index (κ2) is 6.46. The van der Waals surface area contributed by atoms with Gasteiger partial charge in [0, 0.05) is 30.4 Å². The predicted octanol–water partition coefficient (Wildman–Crippen LogP) is 0.758. The van der Waals surface area contributed by atoms with Gasteiger partial charge >= 0.3 is 0 Å². The van der Waals surface area contributed by atoms with Crippen molar-refractivity contribution in [3.8, 4) is 5.88 Å². The van der Waals surface area contributed by atoms with Crippen LogP contribution in [0.4, 0.5) is 5.95 Å². The highest BCUT2D eigenvalue weighted by atomic mass is 16.7. The molecule has 0 aliphatic carbocycles. The van der Waals surface area contributed by atoms with Gasteiger partial charge in [-0.05, 0) is 18.6 Å². The molecule has 0 bridgehead atoms. The quantitative estimate of drug-likeness (QED) is 0.594. The SMILES string of the molecule is CCOc1cc(Cc2cnc(N[N+](=O)[O-])[nH]c2=O)ccn1. The molecule has 0 saturated heterocycles. The summed E-state index contributed by atoms with van der Waals surface area (Å²) in [7, 11) is 0. The third kappa shape index (κ3) is 4.00. The minimum absolute atomic E-state index is 0.210. The molecule has 2 heterocycles. The molecule has 2 aromatic heterocycles. The number of nitrogens with zero attached hydrogens (tertiary/aromatic N) is 3. The van der Waals surface area contributed by atoms with E-state index in [2.05, 4.69) is 15.0 Å². The van der Waals surface area contributed by atoms with Crippen molar-refractivity contribution in [1.82, 2.24) is 15.0 Å². The van der Waals surface area contributed by atoms with Crippen LogP contribution in [0.1, 0.15) is 18.1 Å². The highest BCUT2D eigenvalue weighted by Gasteiger charge is 2.07. The smallest absolute Gasteiger partial charge is 0.265 e. The van der Waals surface area contributed by atoms with Crippen LogP contribution >= 0.6 is 0 Å². The number of nitro groups is 1. The van der Waals surface area contributed by atoms with Gasteiger partial charge < -0.3 is 4.74 Å². The van der Waals surface area contributed by atoms with Crippen molar-refractivity contribution >= 4 is 5.95 Å². The molecule has 0 aliphatic rings. The Balaban J connectivity index is 2.18. The average molecular weight is 291 g/mol. The van der Waals surface area contributed by atoms with Gasteiger partial charge in [-0.3, -0.25) is 9.78 Å². The van der Waals surface area contributed by atoms with Gasteiger partial charge in [-0.1, -0.05) is 5.43 Å². The third-order valence-corrected chi connectivity index (χ3v) is 2.56. The Kier molecular flexibility index (Phi) is 4.44. The first-order valence-corrected chi connectivity index (χ1v) is 6.15. The van der Waals surface area contributed by atoms with E-state index in [0.29, 0.717) is 24.5 Å². The summed E-state index contributed by atoms with van der Waals surface area (Å²) in [5.74, 6) is 0.268. The monoisotopic (exact) mass is 291 g/mol. The fraction of sp³-hybridized carbons (Fsp3) is 0.250. The number of anilines is 1. The molecule has 110 valence electrons. The molecule has 2 aromatic rings. The van der Waals surface area contributed by atoms with E-state index >= 15 is 0 Å². The first kappa shape index (κ1) is 14.4. The van der Waals surface area contributed by atoms with Crippen molar-refractivity contribution in [3.05, 3.63) is 56.1 Å². The van der Waals surface area contributed by atoms with Gasteiger partial charge in [0.05, 0.1) is 6.61 Å². The van der Waals surface area contributed by atoms with E-state index in [-0.39, 0.29) is 5.95 Å². The number of aromatic amines is 1. The normalized spacial score (nSPS) is 10.1. The van der Waals surface area contributed by atoms with Crippen molar-refractivity contribution in [2.75, 3.05) is 12.0 Å². The summed E-state index contributed by atoms with van der Waals surface area (Å²) in [5, 5.41) is 9.47. The lowest BCUT2D eigenvalue weighted by Crippen LogP contribution is -2.19. The Morgan fingerprint density at radius 3 is 2.95 bits per heavy atom. The maximum Gasteiger partial charge on any atom is 0.265 e. The van der Waals surface area contributed by atoms with Gasteiger partial charge in [0.25, 0.3) is 11.5 Å². The Labute approximate surface area is 119 Å². The standard InChI is InChI=1S/C12H13N5O4/c1-2-21-10-6-8(3-4-13-10)5-9-7-14-12(15-11(9)18)16-17(19)20/h3-4,6-7H,2,5H2,1H3,(H2,14,15,16,18). The molecule has 21 heavy (non-hydrogen) atoms. The lowest BCUT2D eigenvalue weighted by molar-refractivity contribution is -0.446. The second-order valence-electron chi connectivity index (χ2n) is 4.07. The van der Waals surface area contributed by atoms with Crippen LogP contribution in [-0.2, 0) is 6.42 Å². The number of pyridine rings is 1. The maximum absolute atomic E-state index is 11.8. The van der Waals surface area contributed by atoms with Gasteiger partial charge in [0.1, 0.15) is 0 Å². The molecule has 9 heteroatoms. The number of hydrogen-bond acceptors (Lipinski definition) is 6. The van der Waals surface area contributed by atoms with Crippen molar-refractivity contribution in [3.63, 3.8) is 0 Å². The summed E-state index contributed by atoms with van der Waals surface area (Å²) in [4.78, 5) is 32.2. The van der Waals surface area contributed by atoms with Crippen LogP contribution in [0.3, 0.4) is 0 Å². The Bertz CT molecular complexity index is 700. The molecule has 0 atom stereocenters. The Hall–Kier alpha value is -2.97. The Morgan fingerprint density at radius 1 is 1.48 bits per heavy atom. The highest BCUT2D eigenvalue weighted by molar-refractivity contribution is 5.28. The topological polar surface area (TPSA) is 123 Å². The van der Waals surface area contributed by atoms with Gasteiger partial charge in [-0.15, -0.1) is 0 Å². The van der Waals surface area contributed by atoms with E-state index in [1.807, 2.05) is 6.92 Å². The number of rotatable bonds is 6. The summed E-state index contributed by atoms with van der Waals surface area (Å²) < 4.78 is 5.28. The van der Waals surface area contributed by atoms with Gasteiger partial charge in [0.15, 0.2) is 5.03 Å². The lowest BCUT2D eigenvalue weighted by atomic mass is 10.1. The molecule has 0 radical (unpaired) electrons. The molecule has 2 N–H and O–H groups in total. The first-order chi connectivity index (χ1) is 10.1. The summed E-state index contributed by atoms with van der Waals surface area (Å²) >= 11 is 0. The second-order valence-corrected chi connectivity index (χ2v) is 4.07. The van der Waals surface area contributed by atoms with Gasteiger partial charge in [0.2, 0.25) is 5.88 Å². The number of hydrogen-bond donors (Lipinski definition) is 2. The zero-order valence-corrected chi connectivity index (χ0v) is 11.2. The first-order valence-electron chi connectivity index (χ1n) is 6.15. The number of nitrogens with one attached hydrogen (secondary N) is 2. The number of aromatic nitrogens is 3. The molecule has 9 nitrogen and oxygen atoms in total. The van der Waals surface area contributed by atoms with Crippen LogP contribution in [0.5, 0.6) is 5.88 Å².